The number of rotatable bonds is 3. The Bertz CT molecular complexity index is 247. The molecule has 1 rings (SSSR count). The first kappa shape index (κ1) is 10.2. The lowest BCUT2D eigenvalue weighted by atomic mass is 10.3. The molecule has 4 heteroatoms. The highest BCUT2D eigenvalue weighted by Crippen LogP contribution is 2.25. The van der Waals surface area contributed by atoms with Crippen molar-refractivity contribution in [3.05, 3.63) is 20.8 Å². The molecule has 68 valence electrons. The molecule has 0 bridgehead atoms. The van der Waals surface area contributed by atoms with Crippen LogP contribution in [0.4, 0.5) is 0 Å². The minimum atomic E-state index is 0.385. The standard InChI is InChI=1S/C8H13BrN2S/c1-6(10-11(2)3)8-4-7(9)5-12-8/h4-6,10H,1-3H3. The lowest BCUT2D eigenvalue weighted by Crippen LogP contribution is -2.32. The molecule has 0 amide bonds. The van der Waals surface area contributed by atoms with Crippen molar-refractivity contribution >= 4 is 27.3 Å². The molecule has 0 aliphatic rings. The van der Waals surface area contributed by atoms with E-state index in [4.69, 9.17) is 0 Å². The topological polar surface area (TPSA) is 15.3 Å². The molecular formula is C8H13BrN2S. The van der Waals surface area contributed by atoms with Crippen LogP contribution in [0.5, 0.6) is 0 Å². The molecule has 0 radical (unpaired) electrons. The van der Waals surface area contributed by atoms with Gasteiger partial charge < -0.3 is 0 Å². The summed E-state index contributed by atoms with van der Waals surface area (Å²) in [6, 6.07) is 2.53. The maximum absolute atomic E-state index is 3.44. The van der Waals surface area contributed by atoms with Gasteiger partial charge in [0.25, 0.3) is 0 Å². The van der Waals surface area contributed by atoms with Crippen LogP contribution in [0.15, 0.2) is 15.9 Å². The van der Waals surface area contributed by atoms with Gasteiger partial charge in [-0.1, -0.05) is 0 Å². The Morgan fingerprint density at radius 2 is 2.25 bits per heavy atom. The molecule has 1 aromatic heterocycles. The third-order valence-electron chi connectivity index (χ3n) is 1.47. The van der Waals surface area contributed by atoms with Crippen LogP contribution in [0.2, 0.25) is 0 Å². The maximum atomic E-state index is 3.44. The molecule has 1 heterocycles. The molecule has 0 saturated heterocycles. The summed E-state index contributed by atoms with van der Waals surface area (Å²) in [5.41, 5.74) is 3.30. The van der Waals surface area contributed by atoms with Gasteiger partial charge in [-0.3, -0.25) is 5.01 Å². The SMILES string of the molecule is CC(NN(C)C)c1cc(Br)cs1. The largest absolute Gasteiger partial charge is 0.250 e. The summed E-state index contributed by atoms with van der Waals surface area (Å²) in [5.74, 6) is 0. The van der Waals surface area contributed by atoms with Crippen molar-refractivity contribution in [3.63, 3.8) is 0 Å². The monoisotopic (exact) mass is 248 g/mol. The Morgan fingerprint density at radius 3 is 2.67 bits per heavy atom. The van der Waals surface area contributed by atoms with E-state index in [0.717, 1.165) is 4.47 Å². The highest BCUT2D eigenvalue weighted by Gasteiger charge is 2.07. The van der Waals surface area contributed by atoms with Crippen molar-refractivity contribution in [1.29, 1.82) is 0 Å². The quantitative estimate of drug-likeness (QED) is 0.828. The molecule has 0 saturated carbocycles. The van der Waals surface area contributed by atoms with Crippen molar-refractivity contribution < 1.29 is 0 Å². The van der Waals surface area contributed by atoms with E-state index in [1.165, 1.54) is 4.88 Å². The third-order valence-corrected chi connectivity index (χ3v) is 3.34. The molecule has 1 aromatic rings. The van der Waals surface area contributed by atoms with Gasteiger partial charge >= 0.3 is 0 Å². The molecule has 0 aromatic carbocycles. The zero-order chi connectivity index (χ0) is 9.14. The summed E-state index contributed by atoms with van der Waals surface area (Å²) in [7, 11) is 4.00. The first-order valence-corrected chi connectivity index (χ1v) is 5.44. The van der Waals surface area contributed by atoms with E-state index in [1.54, 1.807) is 11.3 Å². The van der Waals surface area contributed by atoms with Crippen LogP contribution < -0.4 is 5.43 Å². The zero-order valence-electron chi connectivity index (χ0n) is 7.47. The summed E-state index contributed by atoms with van der Waals surface area (Å²) in [4.78, 5) is 1.34. The smallest absolute Gasteiger partial charge is 0.0530 e. The van der Waals surface area contributed by atoms with E-state index in [-0.39, 0.29) is 0 Å². The van der Waals surface area contributed by atoms with E-state index < -0.39 is 0 Å². The average molecular weight is 249 g/mol. The van der Waals surface area contributed by atoms with Crippen LogP contribution in [0.1, 0.15) is 17.8 Å². The number of nitrogens with one attached hydrogen (secondary N) is 1. The van der Waals surface area contributed by atoms with Crippen molar-refractivity contribution in [2.75, 3.05) is 14.1 Å². The Kier molecular flexibility index (Phi) is 3.71. The molecule has 0 fully saturated rings. The number of halogens is 1. The molecule has 1 N–H and O–H groups in total. The zero-order valence-corrected chi connectivity index (χ0v) is 9.87. The molecule has 2 nitrogen and oxygen atoms in total. The molecule has 1 unspecified atom stereocenters. The van der Waals surface area contributed by atoms with Gasteiger partial charge in [0.15, 0.2) is 0 Å². The van der Waals surface area contributed by atoms with Gasteiger partial charge in [0.1, 0.15) is 0 Å². The van der Waals surface area contributed by atoms with Gasteiger partial charge in [-0.25, -0.2) is 5.43 Å². The molecule has 1 atom stereocenters. The van der Waals surface area contributed by atoms with E-state index in [9.17, 15) is 0 Å². The predicted molar refractivity (Wildman–Crippen MR) is 57.3 cm³/mol. The number of hydrazine groups is 1. The number of nitrogens with zero attached hydrogens (tertiary/aromatic N) is 1. The number of hydrogen-bond donors (Lipinski definition) is 1. The minimum Gasteiger partial charge on any atom is -0.250 e. The molecule has 0 aliphatic carbocycles. The van der Waals surface area contributed by atoms with E-state index in [1.807, 2.05) is 19.1 Å². The highest BCUT2D eigenvalue weighted by atomic mass is 79.9. The second-order valence-corrected chi connectivity index (χ2v) is 4.77. The van der Waals surface area contributed by atoms with Crippen molar-refractivity contribution in [3.8, 4) is 0 Å². The Labute approximate surface area is 85.7 Å². The highest BCUT2D eigenvalue weighted by molar-refractivity contribution is 9.10. The predicted octanol–water partition coefficient (Wildman–Crippen LogP) is 2.64. The first-order valence-electron chi connectivity index (χ1n) is 3.77. The van der Waals surface area contributed by atoms with Crippen LogP contribution in [0, 0.1) is 0 Å². The summed E-state index contributed by atoms with van der Waals surface area (Å²) >= 11 is 5.20. The average Bonchev–Trinajstić information content (AvgIpc) is 2.34. The summed E-state index contributed by atoms with van der Waals surface area (Å²) in [5, 5.41) is 4.07. The van der Waals surface area contributed by atoms with Gasteiger partial charge in [0.2, 0.25) is 0 Å². The van der Waals surface area contributed by atoms with Gasteiger partial charge in [-0.2, -0.15) is 0 Å². The van der Waals surface area contributed by atoms with Crippen LogP contribution >= 0.6 is 27.3 Å². The second-order valence-electron chi connectivity index (χ2n) is 2.91. The molecular weight excluding hydrogens is 236 g/mol. The van der Waals surface area contributed by atoms with E-state index in [0.29, 0.717) is 6.04 Å². The summed E-state index contributed by atoms with van der Waals surface area (Å²) in [6.07, 6.45) is 0. The van der Waals surface area contributed by atoms with E-state index in [2.05, 4.69) is 39.7 Å². The van der Waals surface area contributed by atoms with E-state index >= 15 is 0 Å². The normalized spacial score (nSPS) is 13.8. The second kappa shape index (κ2) is 4.37. The fraction of sp³-hybridized carbons (Fsp3) is 0.500. The van der Waals surface area contributed by atoms with Gasteiger partial charge in [-0.05, 0) is 28.9 Å². The lowest BCUT2D eigenvalue weighted by molar-refractivity contribution is 0.254. The van der Waals surface area contributed by atoms with Crippen molar-refractivity contribution in [1.82, 2.24) is 10.4 Å². The first-order chi connectivity index (χ1) is 5.59. The summed E-state index contributed by atoms with van der Waals surface area (Å²) in [6.45, 7) is 2.15. The number of thiophene rings is 1. The van der Waals surface area contributed by atoms with Crippen molar-refractivity contribution in [2.45, 2.75) is 13.0 Å². The fourth-order valence-electron chi connectivity index (χ4n) is 1.01. The Hall–Kier alpha value is 0.1000. The third kappa shape index (κ3) is 2.86. The van der Waals surface area contributed by atoms with Gasteiger partial charge in [0.05, 0.1) is 6.04 Å². The molecule has 0 aliphatic heterocycles. The van der Waals surface area contributed by atoms with Gasteiger partial charge in [0, 0.05) is 28.8 Å². The molecule has 12 heavy (non-hydrogen) atoms. The van der Waals surface area contributed by atoms with Gasteiger partial charge in [-0.15, -0.1) is 11.3 Å². The molecule has 0 spiro atoms. The Balaban J connectivity index is 2.58. The van der Waals surface area contributed by atoms with Crippen LogP contribution in [-0.2, 0) is 0 Å². The fourth-order valence-corrected chi connectivity index (χ4v) is 2.45. The van der Waals surface area contributed by atoms with Crippen LogP contribution in [-0.4, -0.2) is 19.1 Å². The minimum absolute atomic E-state index is 0.385. The maximum Gasteiger partial charge on any atom is 0.0530 e. The lowest BCUT2D eigenvalue weighted by Gasteiger charge is -2.17. The number of hydrogen-bond acceptors (Lipinski definition) is 3. The summed E-state index contributed by atoms with van der Waals surface area (Å²) < 4.78 is 1.16. The van der Waals surface area contributed by atoms with Crippen LogP contribution in [0.3, 0.4) is 0 Å². The van der Waals surface area contributed by atoms with Crippen LogP contribution in [0.25, 0.3) is 0 Å². The van der Waals surface area contributed by atoms with Crippen molar-refractivity contribution in [2.24, 2.45) is 0 Å². The Morgan fingerprint density at radius 1 is 1.58 bits per heavy atom.